The number of benzene rings is 4. The third-order valence-corrected chi connectivity index (χ3v) is 6.76. The van der Waals surface area contributed by atoms with E-state index in [0.29, 0.717) is 17.1 Å². The fourth-order valence-corrected chi connectivity index (χ4v) is 4.93. The Kier molecular flexibility index (Phi) is 5.16. The molecular weight excluding hydrogens is 466 g/mol. The van der Waals surface area contributed by atoms with Crippen LogP contribution in [0.3, 0.4) is 0 Å². The molecule has 4 aromatic carbocycles. The summed E-state index contributed by atoms with van der Waals surface area (Å²) in [6.07, 6.45) is 0. The minimum Gasteiger partial charge on any atom is -0.399 e. The second-order valence-electron chi connectivity index (χ2n) is 8.00. The highest BCUT2D eigenvalue weighted by Crippen LogP contribution is 2.45. The zero-order valence-corrected chi connectivity index (χ0v) is 19.0. The summed E-state index contributed by atoms with van der Waals surface area (Å²) in [6.45, 7) is 0. The smallest absolute Gasteiger partial charge is 0.296 e. The molecule has 35 heavy (non-hydrogen) atoms. The first-order chi connectivity index (χ1) is 16.7. The molecule has 1 aliphatic carbocycles. The monoisotopic (exact) mass is 485 g/mol. The average Bonchev–Trinajstić information content (AvgIpc) is 2.84. The second kappa shape index (κ2) is 8.08. The first-order valence-electron chi connectivity index (χ1n) is 10.5. The number of fused-ring (bicyclic) bond motifs is 2. The highest BCUT2D eigenvalue weighted by molar-refractivity contribution is 7.86. The molecular formula is C26H19N3O5S. The van der Waals surface area contributed by atoms with E-state index in [1.54, 1.807) is 71.6 Å². The Morgan fingerprint density at radius 1 is 0.686 bits per heavy atom. The Labute approximate surface area is 201 Å². The molecule has 9 heteroatoms. The number of nitrogens with zero attached hydrogens (tertiary/aromatic N) is 1. The molecule has 0 saturated heterocycles. The lowest BCUT2D eigenvalue weighted by Crippen LogP contribution is -2.27. The highest BCUT2D eigenvalue weighted by atomic mass is 32.2. The van der Waals surface area contributed by atoms with Crippen molar-refractivity contribution in [3.05, 3.63) is 107 Å². The molecule has 0 aliphatic heterocycles. The Hall–Kier alpha value is -4.47. The first kappa shape index (κ1) is 22.3. The van der Waals surface area contributed by atoms with Crippen LogP contribution in [0.15, 0.2) is 89.8 Å². The van der Waals surface area contributed by atoms with Gasteiger partial charge in [0.2, 0.25) is 0 Å². The lowest BCUT2D eigenvalue weighted by molar-refractivity contribution is 0.0980. The summed E-state index contributed by atoms with van der Waals surface area (Å²) >= 11 is 0. The Morgan fingerprint density at radius 2 is 1.20 bits per heavy atom. The van der Waals surface area contributed by atoms with Crippen LogP contribution in [0.5, 0.6) is 0 Å². The molecule has 0 unspecified atom stereocenters. The predicted octanol–water partition coefficient (Wildman–Crippen LogP) is 4.34. The van der Waals surface area contributed by atoms with E-state index in [1.165, 1.54) is 12.1 Å². The van der Waals surface area contributed by atoms with Crippen LogP contribution in [0.4, 0.5) is 28.4 Å². The summed E-state index contributed by atoms with van der Waals surface area (Å²) in [5.74, 6) is -1.10. The van der Waals surface area contributed by atoms with Gasteiger partial charge in [0.05, 0.1) is 22.5 Å². The van der Waals surface area contributed by atoms with E-state index >= 15 is 0 Å². The predicted molar refractivity (Wildman–Crippen MR) is 133 cm³/mol. The van der Waals surface area contributed by atoms with Crippen LogP contribution in [0.2, 0.25) is 0 Å². The molecule has 5 N–H and O–H groups in total. The van der Waals surface area contributed by atoms with Crippen molar-refractivity contribution < 1.29 is 22.6 Å². The van der Waals surface area contributed by atoms with Crippen molar-refractivity contribution in [2.45, 2.75) is 4.90 Å². The van der Waals surface area contributed by atoms with Crippen LogP contribution in [0.25, 0.3) is 0 Å². The summed E-state index contributed by atoms with van der Waals surface area (Å²) in [7, 11) is -4.85. The molecule has 0 fully saturated rings. The van der Waals surface area contributed by atoms with Gasteiger partial charge in [0.1, 0.15) is 4.90 Å². The zero-order chi connectivity index (χ0) is 24.9. The fraction of sp³-hybridized carbons (Fsp3) is 0. The minimum absolute atomic E-state index is 0.0562. The van der Waals surface area contributed by atoms with E-state index in [1.807, 2.05) is 0 Å². The molecule has 1 aliphatic rings. The minimum atomic E-state index is -4.85. The molecule has 0 aromatic heterocycles. The first-order valence-corrected chi connectivity index (χ1v) is 12.0. The summed E-state index contributed by atoms with van der Waals surface area (Å²) in [4.78, 5) is 28.2. The Morgan fingerprint density at radius 3 is 1.77 bits per heavy atom. The largest absolute Gasteiger partial charge is 0.399 e. The van der Waals surface area contributed by atoms with Crippen molar-refractivity contribution in [3.63, 3.8) is 0 Å². The normalized spacial score (nSPS) is 12.7. The number of anilines is 5. The molecule has 8 nitrogen and oxygen atoms in total. The number of hydrogen-bond acceptors (Lipinski definition) is 7. The van der Waals surface area contributed by atoms with E-state index in [0.717, 1.165) is 6.07 Å². The molecule has 0 bridgehead atoms. The Balaban J connectivity index is 1.92. The van der Waals surface area contributed by atoms with E-state index in [-0.39, 0.29) is 27.9 Å². The van der Waals surface area contributed by atoms with Gasteiger partial charge in [-0.2, -0.15) is 8.42 Å². The SMILES string of the molecule is Nc1ccc(N(c2ccccc2)c2cc(S(=O)(=O)O)c(N)c3c2C(=O)c2ccccc2C3=O)cc1. The molecule has 174 valence electrons. The van der Waals surface area contributed by atoms with Crippen molar-refractivity contribution in [2.24, 2.45) is 0 Å². The van der Waals surface area contributed by atoms with Gasteiger partial charge in [-0.1, -0.05) is 42.5 Å². The number of nitrogens with two attached hydrogens (primary N) is 2. The van der Waals surface area contributed by atoms with Crippen LogP contribution in [-0.4, -0.2) is 24.5 Å². The molecule has 0 spiro atoms. The van der Waals surface area contributed by atoms with Crippen LogP contribution < -0.4 is 16.4 Å². The van der Waals surface area contributed by atoms with Crippen LogP contribution in [0.1, 0.15) is 31.8 Å². The van der Waals surface area contributed by atoms with Gasteiger partial charge in [0, 0.05) is 28.2 Å². The number of rotatable bonds is 4. The number of carbonyl (C=O) groups excluding carboxylic acids is 2. The topological polar surface area (TPSA) is 144 Å². The number of carbonyl (C=O) groups is 2. The third kappa shape index (κ3) is 3.63. The molecule has 0 amide bonds. The molecule has 0 radical (unpaired) electrons. The molecule has 0 atom stereocenters. The maximum Gasteiger partial charge on any atom is 0.296 e. The standard InChI is InChI=1S/C26H19N3O5S/c27-15-10-12-17(13-11-15)29(16-6-2-1-3-7-16)20-14-21(35(32,33)34)24(28)23-22(20)25(30)18-8-4-5-9-19(18)26(23)31/h1-14H,27-28H2,(H,32,33,34). The van der Waals surface area contributed by atoms with Gasteiger partial charge in [-0.05, 0) is 42.5 Å². The van der Waals surface area contributed by atoms with Crippen LogP contribution >= 0.6 is 0 Å². The van der Waals surface area contributed by atoms with Gasteiger partial charge < -0.3 is 16.4 Å². The van der Waals surface area contributed by atoms with Gasteiger partial charge in [-0.15, -0.1) is 0 Å². The fourth-order valence-electron chi connectivity index (χ4n) is 4.29. The van der Waals surface area contributed by atoms with Crippen LogP contribution in [-0.2, 0) is 10.1 Å². The number of hydrogen-bond donors (Lipinski definition) is 3. The second-order valence-corrected chi connectivity index (χ2v) is 9.39. The zero-order valence-electron chi connectivity index (χ0n) is 18.2. The van der Waals surface area contributed by atoms with E-state index < -0.39 is 32.3 Å². The van der Waals surface area contributed by atoms with E-state index in [2.05, 4.69) is 0 Å². The van der Waals surface area contributed by atoms with Crippen molar-refractivity contribution in [2.75, 3.05) is 16.4 Å². The maximum absolute atomic E-state index is 13.7. The van der Waals surface area contributed by atoms with E-state index in [9.17, 15) is 22.6 Å². The number of para-hydroxylation sites is 1. The Bertz CT molecular complexity index is 1620. The lowest BCUT2D eigenvalue weighted by atomic mass is 9.82. The quantitative estimate of drug-likeness (QED) is 0.252. The number of ketones is 2. The number of nitrogen functional groups attached to an aromatic ring is 2. The summed E-state index contributed by atoms with van der Waals surface area (Å²) < 4.78 is 34.6. The van der Waals surface area contributed by atoms with Gasteiger partial charge in [0.15, 0.2) is 11.6 Å². The third-order valence-electron chi connectivity index (χ3n) is 5.86. The summed E-state index contributed by atoms with van der Waals surface area (Å²) in [6, 6.07) is 22.9. The average molecular weight is 486 g/mol. The van der Waals surface area contributed by atoms with Gasteiger partial charge >= 0.3 is 0 Å². The molecule has 4 aromatic rings. The molecule has 0 heterocycles. The van der Waals surface area contributed by atoms with Gasteiger partial charge in [0.25, 0.3) is 10.1 Å². The molecule has 5 rings (SSSR count). The van der Waals surface area contributed by atoms with Crippen molar-refractivity contribution in [3.8, 4) is 0 Å². The van der Waals surface area contributed by atoms with Gasteiger partial charge in [-0.25, -0.2) is 0 Å². The highest BCUT2D eigenvalue weighted by Gasteiger charge is 2.38. The summed E-state index contributed by atoms with van der Waals surface area (Å²) in [5.41, 5.74) is 13.1. The van der Waals surface area contributed by atoms with Gasteiger partial charge in [-0.3, -0.25) is 14.1 Å². The van der Waals surface area contributed by atoms with Crippen molar-refractivity contribution in [1.82, 2.24) is 0 Å². The lowest BCUT2D eigenvalue weighted by Gasteiger charge is -2.31. The van der Waals surface area contributed by atoms with Crippen molar-refractivity contribution in [1.29, 1.82) is 0 Å². The van der Waals surface area contributed by atoms with Crippen LogP contribution in [0, 0.1) is 0 Å². The van der Waals surface area contributed by atoms with E-state index in [4.69, 9.17) is 11.5 Å². The van der Waals surface area contributed by atoms with Crippen molar-refractivity contribution >= 4 is 50.1 Å². The molecule has 0 saturated carbocycles. The maximum atomic E-state index is 13.7. The summed E-state index contributed by atoms with van der Waals surface area (Å²) in [5, 5.41) is 0.